The summed E-state index contributed by atoms with van der Waals surface area (Å²) in [5, 5.41) is 13.1. The Morgan fingerprint density at radius 1 is 1.28 bits per heavy atom. The molecule has 0 atom stereocenters. The van der Waals surface area contributed by atoms with Crippen molar-refractivity contribution in [1.29, 1.82) is 0 Å². The molecule has 0 fully saturated rings. The highest BCUT2D eigenvalue weighted by Gasteiger charge is 2.15. The quantitative estimate of drug-likeness (QED) is 0.754. The van der Waals surface area contributed by atoms with Crippen LogP contribution >= 0.6 is 0 Å². The first-order valence-electron chi connectivity index (χ1n) is 7.59. The van der Waals surface area contributed by atoms with E-state index >= 15 is 0 Å². The van der Waals surface area contributed by atoms with Gasteiger partial charge in [-0.15, -0.1) is 0 Å². The summed E-state index contributed by atoms with van der Waals surface area (Å²) in [6, 6.07) is 7.54. The zero-order valence-electron chi connectivity index (χ0n) is 13.7. The second-order valence-electron chi connectivity index (χ2n) is 5.60. The summed E-state index contributed by atoms with van der Waals surface area (Å²) in [6.07, 6.45) is 1.44. The molecule has 2 heterocycles. The van der Waals surface area contributed by atoms with E-state index in [1.165, 1.54) is 29.1 Å². The van der Waals surface area contributed by atoms with Crippen LogP contribution in [0.15, 0.2) is 41.3 Å². The van der Waals surface area contributed by atoms with E-state index in [1.54, 1.807) is 26.0 Å². The lowest BCUT2D eigenvalue weighted by molar-refractivity contribution is 0.0950. The molecule has 1 aromatic carbocycles. The van der Waals surface area contributed by atoms with Crippen molar-refractivity contribution < 1.29 is 9.18 Å². The van der Waals surface area contributed by atoms with Crippen LogP contribution in [-0.2, 0) is 6.54 Å². The monoisotopic (exact) mass is 341 g/mol. The van der Waals surface area contributed by atoms with E-state index in [4.69, 9.17) is 0 Å². The maximum Gasteiger partial charge on any atom is 0.264 e. The molecule has 0 aliphatic carbocycles. The second kappa shape index (κ2) is 6.68. The Hall–Kier alpha value is -3.29. The summed E-state index contributed by atoms with van der Waals surface area (Å²) in [4.78, 5) is 23.5. The van der Waals surface area contributed by atoms with Gasteiger partial charge in [0, 0.05) is 12.6 Å². The predicted octanol–water partition coefficient (Wildman–Crippen LogP) is 1.64. The summed E-state index contributed by atoms with van der Waals surface area (Å²) in [5.74, 6) is -0.166. The summed E-state index contributed by atoms with van der Waals surface area (Å²) in [5.41, 5.74) is 2.00. The molecular weight excluding hydrogens is 325 g/mol. The van der Waals surface area contributed by atoms with E-state index in [1.807, 2.05) is 0 Å². The molecule has 7 nitrogen and oxygen atoms in total. The zero-order chi connectivity index (χ0) is 18.0. The van der Waals surface area contributed by atoms with E-state index in [0.29, 0.717) is 22.6 Å². The maximum absolute atomic E-state index is 13.3. The van der Waals surface area contributed by atoms with Crippen LogP contribution in [0.1, 0.15) is 27.2 Å². The van der Waals surface area contributed by atoms with Crippen LogP contribution in [-0.4, -0.2) is 25.9 Å². The number of nitrogens with zero attached hydrogens (tertiary/aromatic N) is 3. The smallest absolute Gasteiger partial charge is 0.264 e. The largest absolute Gasteiger partial charge is 0.348 e. The summed E-state index contributed by atoms with van der Waals surface area (Å²) >= 11 is 0. The van der Waals surface area contributed by atoms with Gasteiger partial charge in [-0.1, -0.05) is 12.1 Å². The summed E-state index contributed by atoms with van der Waals surface area (Å²) in [7, 11) is 0. The number of benzene rings is 1. The minimum absolute atomic E-state index is 0.277. The van der Waals surface area contributed by atoms with Gasteiger partial charge in [-0.25, -0.2) is 14.2 Å². The first-order chi connectivity index (χ1) is 12.0. The number of aromatic amines is 1. The average Bonchev–Trinajstić information content (AvgIpc) is 2.98. The molecule has 0 aliphatic rings. The van der Waals surface area contributed by atoms with Crippen LogP contribution in [0.25, 0.3) is 5.82 Å². The summed E-state index contributed by atoms with van der Waals surface area (Å²) in [6.45, 7) is 3.68. The molecule has 128 valence electrons. The fourth-order valence-corrected chi connectivity index (χ4v) is 2.41. The molecule has 2 aromatic heterocycles. The zero-order valence-corrected chi connectivity index (χ0v) is 13.7. The number of halogens is 1. The highest BCUT2D eigenvalue weighted by atomic mass is 19.1. The Labute approximate surface area is 142 Å². The van der Waals surface area contributed by atoms with Crippen molar-refractivity contribution >= 4 is 5.91 Å². The van der Waals surface area contributed by atoms with Crippen molar-refractivity contribution in [1.82, 2.24) is 25.3 Å². The molecule has 0 bridgehead atoms. The number of carbonyl (C=O) groups excluding carboxylic acids is 1. The van der Waals surface area contributed by atoms with E-state index in [-0.39, 0.29) is 23.8 Å². The SMILES string of the molecule is Cc1cc(CNC(=O)c2cnn(-c3ccc(=O)[nH]n3)c2C)ccc1F. The molecule has 0 radical (unpaired) electrons. The van der Waals surface area contributed by atoms with Gasteiger partial charge in [0.05, 0.1) is 17.5 Å². The van der Waals surface area contributed by atoms with Gasteiger partial charge >= 0.3 is 0 Å². The van der Waals surface area contributed by atoms with Crippen molar-refractivity contribution in [3.05, 3.63) is 75.1 Å². The number of aryl methyl sites for hydroxylation is 1. The minimum Gasteiger partial charge on any atom is -0.348 e. The molecule has 3 aromatic rings. The highest BCUT2D eigenvalue weighted by Crippen LogP contribution is 2.12. The number of amides is 1. The lowest BCUT2D eigenvalue weighted by Crippen LogP contribution is -2.23. The molecule has 0 spiro atoms. The Kier molecular flexibility index (Phi) is 4.42. The average molecular weight is 341 g/mol. The number of nitrogens with one attached hydrogen (secondary N) is 2. The third-order valence-electron chi connectivity index (χ3n) is 3.81. The van der Waals surface area contributed by atoms with E-state index in [0.717, 1.165) is 5.56 Å². The number of carbonyl (C=O) groups is 1. The normalized spacial score (nSPS) is 10.7. The van der Waals surface area contributed by atoms with E-state index in [2.05, 4.69) is 20.6 Å². The molecule has 8 heteroatoms. The van der Waals surface area contributed by atoms with Crippen molar-refractivity contribution in [2.45, 2.75) is 20.4 Å². The second-order valence-corrected chi connectivity index (χ2v) is 5.60. The van der Waals surface area contributed by atoms with Gasteiger partial charge < -0.3 is 5.32 Å². The van der Waals surface area contributed by atoms with Crippen LogP contribution in [0.3, 0.4) is 0 Å². The summed E-state index contributed by atoms with van der Waals surface area (Å²) < 4.78 is 14.7. The minimum atomic E-state index is -0.318. The van der Waals surface area contributed by atoms with Gasteiger partial charge in [-0.2, -0.15) is 10.2 Å². The number of aromatic nitrogens is 4. The van der Waals surface area contributed by atoms with Crippen LogP contribution in [0.2, 0.25) is 0 Å². The Morgan fingerprint density at radius 2 is 2.08 bits per heavy atom. The third-order valence-corrected chi connectivity index (χ3v) is 3.81. The van der Waals surface area contributed by atoms with Gasteiger partial charge in [0.15, 0.2) is 5.82 Å². The van der Waals surface area contributed by atoms with Gasteiger partial charge in [0.25, 0.3) is 11.5 Å². The first kappa shape index (κ1) is 16.6. The van der Waals surface area contributed by atoms with Crippen LogP contribution in [0.4, 0.5) is 4.39 Å². The maximum atomic E-state index is 13.3. The lowest BCUT2D eigenvalue weighted by Gasteiger charge is -2.07. The van der Waals surface area contributed by atoms with Crippen molar-refractivity contribution in [3.63, 3.8) is 0 Å². The Morgan fingerprint density at radius 3 is 2.76 bits per heavy atom. The van der Waals surface area contributed by atoms with Crippen LogP contribution in [0.5, 0.6) is 0 Å². The Bertz CT molecular complexity index is 972. The van der Waals surface area contributed by atoms with Gasteiger partial charge in [0.1, 0.15) is 5.82 Å². The number of rotatable bonds is 4. The topological polar surface area (TPSA) is 92.7 Å². The predicted molar refractivity (Wildman–Crippen MR) is 89.0 cm³/mol. The van der Waals surface area contributed by atoms with Gasteiger partial charge in [-0.3, -0.25) is 9.59 Å². The fraction of sp³-hybridized carbons (Fsp3) is 0.176. The van der Waals surface area contributed by atoms with Crippen molar-refractivity contribution in [3.8, 4) is 5.82 Å². The molecule has 0 aliphatic heterocycles. The highest BCUT2D eigenvalue weighted by molar-refractivity contribution is 5.95. The van der Waals surface area contributed by atoms with Crippen LogP contribution in [0, 0.1) is 19.7 Å². The fourth-order valence-electron chi connectivity index (χ4n) is 2.41. The number of H-pyrrole nitrogens is 1. The first-order valence-corrected chi connectivity index (χ1v) is 7.59. The van der Waals surface area contributed by atoms with Gasteiger partial charge in [-0.05, 0) is 37.1 Å². The van der Waals surface area contributed by atoms with E-state index in [9.17, 15) is 14.0 Å². The van der Waals surface area contributed by atoms with Crippen molar-refractivity contribution in [2.75, 3.05) is 0 Å². The molecule has 0 unspecified atom stereocenters. The third kappa shape index (κ3) is 3.47. The molecule has 25 heavy (non-hydrogen) atoms. The van der Waals surface area contributed by atoms with Crippen LogP contribution < -0.4 is 10.9 Å². The lowest BCUT2D eigenvalue weighted by atomic mass is 10.1. The Balaban J connectivity index is 1.75. The van der Waals surface area contributed by atoms with Crippen molar-refractivity contribution in [2.24, 2.45) is 0 Å². The molecule has 0 saturated heterocycles. The molecule has 2 N–H and O–H groups in total. The molecule has 0 saturated carbocycles. The van der Waals surface area contributed by atoms with E-state index < -0.39 is 0 Å². The number of hydrogen-bond donors (Lipinski definition) is 2. The molecular formula is C17H16FN5O2. The molecule has 3 rings (SSSR count). The standard InChI is InChI=1S/C17H16FN5O2/c1-10-7-12(3-4-14(10)18)8-19-17(25)13-9-20-23(11(13)2)15-5-6-16(24)22-21-15/h3-7,9H,8H2,1-2H3,(H,19,25)(H,22,24). The molecule has 1 amide bonds. The number of hydrogen-bond acceptors (Lipinski definition) is 4. The van der Waals surface area contributed by atoms with Gasteiger partial charge in [0.2, 0.25) is 0 Å².